The molecular weight excluding hydrogens is 240 g/mol. The van der Waals surface area contributed by atoms with E-state index in [9.17, 15) is 5.11 Å². The van der Waals surface area contributed by atoms with Crippen LogP contribution in [0.4, 0.5) is 0 Å². The third-order valence-electron chi connectivity index (χ3n) is 4.95. The van der Waals surface area contributed by atoms with E-state index in [4.69, 9.17) is 9.47 Å². The summed E-state index contributed by atoms with van der Waals surface area (Å²) in [5.74, 6) is 0.943. The van der Waals surface area contributed by atoms with Crippen molar-refractivity contribution in [1.29, 1.82) is 0 Å². The molecule has 2 aliphatic rings. The minimum Gasteiger partial charge on any atom is -0.392 e. The van der Waals surface area contributed by atoms with E-state index in [2.05, 4.69) is 13.0 Å². The summed E-state index contributed by atoms with van der Waals surface area (Å²) in [5.41, 5.74) is 0.900. The summed E-state index contributed by atoms with van der Waals surface area (Å²) in [7, 11) is 1.68. The molecule has 0 aromatic heterocycles. The lowest BCUT2D eigenvalue weighted by molar-refractivity contribution is -0.205. The Kier molecular flexibility index (Phi) is 5.43. The van der Waals surface area contributed by atoms with Crippen molar-refractivity contribution in [2.24, 2.45) is 11.8 Å². The van der Waals surface area contributed by atoms with Gasteiger partial charge in [-0.05, 0) is 31.1 Å². The van der Waals surface area contributed by atoms with Crippen LogP contribution in [-0.2, 0) is 9.47 Å². The first-order chi connectivity index (χ1) is 9.24. The topological polar surface area (TPSA) is 38.7 Å². The Hall–Kier alpha value is -0.380. The number of aliphatic hydroxyl groups is 1. The molecule has 1 fully saturated rings. The van der Waals surface area contributed by atoms with Gasteiger partial charge in [-0.25, -0.2) is 0 Å². The van der Waals surface area contributed by atoms with Crippen LogP contribution in [0, 0.1) is 11.8 Å². The second kappa shape index (κ2) is 6.87. The molecule has 0 saturated heterocycles. The third-order valence-corrected chi connectivity index (χ3v) is 4.95. The summed E-state index contributed by atoms with van der Waals surface area (Å²) in [4.78, 5) is 0. The van der Waals surface area contributed by atoms with Crippen LogP contribution >= 0.6 is 0 Å². The molecule has 0 bridgehead atoms. The standard InChI is InChI=1S/C16H28O3/c1-3-13-6-8-14(9-7-13)12-19-16(18-2)10-4-5-15(16)11-17/h5,13-14,17H,3-4,6-12H2,1-2H3. The SMILES string of the molecule is CCC1CCC(COC2(OC)CCC=C2CO)CC1. The highest BCUT2D eigenvalue weighted by molar-refractivity contribution is 5.19. The molecule has 19 heavy (non-hydrogen) atoms. The van der Waals surface area contributed by atoms with Gasteiger partial charge in [0, 0.05) is 19.1 Å². The Morgan fingerprint density at radius 1 is 1.26 bits per heavy atom. The highest BCUT2D eigenvalue weighted by Gasteiger charge is 2.39. The number of hydrogen-bond donors (Lipinski definition) is 1. The van der Waals surface area contributed by atoms with Crippen molar-refractivity contribution >= 4 is 0 Å². The van der Waals surface area contributed by atoms with Crippen molar-refractivity contribution < 1.29 is 14.6 Å². The third kappa shape index (κ3) is 3.39. The maximum Gasteiger partial charge on any atom is 0.192 e. The van der Waals surface area contributed by atoms with E-state index in [1.165, 1.54) is 32.1 Å². The quantitative estimate of drug-likeness (QED) is 0.593. The van der Waals surface area contributed by atoms with Gasteiger partial charge in [0.2, 0.25) is 0 Å². The molecule has 1 unspecified atom stereocenters. The monoisotopic (exact) mass is 268 g/mol. The van der Waals surface area contributed by atoms with Gasteiger partial charge in [-0.2, -0.15) is 0 Å². The van der Waals surface area contributed by atoms with Gasteiger partial charge < -0.3 is 14.6 Å². The lowest BCUT2D eigenvalue weighted by Gasteiger charge is -2.34. The summed E-state index contributed by atoms with van der Waals surface area (Å²) in [6, 6.07) is 0. The van der Waals surface area contributed by atoms with E-state index >= 15 is 0 Å². The summed E-state index contributed by atoms with van der Waals surface area (Å²) < 4.78 is 11.7. The largest absolute Gasteiger partial charge is 0.392 e. The van der Waals surface area contributed by atoms with Gasteiger partial charge in [0.1, 0.15) is 0 Å². The second-order valence-corrected chi connectivity index (χ2v) is 5.99. The molecule has 0 radical (unpaired) electrons. The highest BCUT2D eigenvalue weighted by atomic mass is 16.7. The molecule has 2 rings (SSSR count). The van der Waals surface area contributed by atoms with E-state index in [0.29, 0.717) is 5.92 Å². The number of methoxy groups -OCH3 is 1. The summed E-state index contributed by atoms with van der Waals surface area (Å²) in [6.45, 7) is 3.09. The Morgan fingerprint density at radius 3 is 2.53 bits per heavy atom. The van der Waals surface area contributed by atoms with Crippen molar-refractivity contribution in [2.75, 3.05) is 20.3 Å². The lowest BCUT2D eigenvalue weighted by atomic mass is 9.81. The molecule has 3 nitrogen and oxygen atoms in total. The molecular formula is C16H28O3. The first-order valence-corrected chi connectivity index (χ1v) is 7.73. The molecule has 0 aliphatic heterocycles. The smallest absolute Gasteiger partial charge is 0.192 e. The fourth-order valence-electron chi connectivity index (χ4n) is 3.45. The van der Waals surface area contributed by atoms with Gasteiger partial charge in [-0.1, -0.05) is 32.3 Å². The zero-order valence-electron chi connectivity index (χ0n) is 12.4. The van der Waals surface area contributed by atoms with Crippen LogP contribution < -0.4 is 0 Å². The van der Waals surface area contributed by atoms with E-state index in [1.807, 2.05) is 0 Å². The average Bonchev–Trinajstić information content (AvgIpc) is 2.89. The van der Waals surface area contributed by atoms with Crippen LogP contribution in [0.15, 0.2) is 11.6 Å². The predicted molar refractivity (Wildman–Crippen MR) is 75.8 cm³/mol. The normalized spacial score (nSPS) is 35.4. The molecule has 0 heterocycles. The summed E-state index contributed by atoms with van der Waals surface area (Å²) in [6.07, 6.45) is 10.4. The van der Waals surface area contributed by atoms with Crippen molar-refractivity contribution in [3.8, 4) is 0 Å². The molecule has 110 valence electrons. The van der Waals surface area contributed by atoms with Crippen LogP contribution in [0.3, 0.4) is 0 Å². The fraction of sp³-hybridized carbons (Fsp3) is 0.875. The minimum absolute atomic E-state index is 0.0381. The molecule has 1 atom stereocenters. The zero-order chi connectivity index (χ0) is 13.7. The van der Waals surface area contributed by atoms with Gasteiger partial charge in [0.25, 0.3) is 0 Å². The fourth-order valence-corrected chi connectivity index (χ4v) is 3.45. The Bertz CT molecular complexity index is 305. The molecule has 0 aromatic rings. The average molecular weight is 268 g/mol. The Balaban J connectivity index is 1.83. The second-order valence-electron chi connectivity index (χ2n) is 5.99. The highest BCUT2D eigenvalue weighted by Crippen LogP contribution is 2.37. The van der Waals surface area contributed by atoms with Crippen LogP contribution in [0.5, 0.6) is 0 Å². The molecule has 0 amide bonds. The van der Waals surface area contributed by atoms with Gasteiger partial charge in [0.15, 0.2) is 5.79 Å². The molecule has 0 spiro atoms. The van der Waals surface area contributed by atoms with E-state index in [-0.39, 0.29) is 6.61 Å². The Morgan fingerprint density at radius 2 is 1.95 bits per heavy atom. The van der Waals surface area contributed by atoms with Gasteiger partial charge in [0.05, 0.1) is 13.2 Å². The molecule has 0 aromatic carbocycles. The van der Waals surface area contributed by atoms with E-state index in [1.54, 1.807) is 7.11 Å². The van der Waals surface area contributed by atoms with E-state index in [0.717, 1.165) is 30.9 Å². The van der Waals surface area contributed by atoms with Crippen molar-refractivity contribution in [1.82, 2.24) is 0 Å². The number of aliphatic hydroxyl groups excluding tert-OH is 1. The molecule has 2 aliphatic carbocycles. The zero-order valence-corrected chi connectivity index (χ0v) is 12.4. The Labute approximate surface area is 117 Å². The summed E-state index contributed by atoms with van der Waals surface area (Å²) >= 11 is 0. The minimum atomic E-state index is -0.643. The van der Waals surface area contributed by atoms with Gasteiger partial charge >= 0.3 is 0 Å². The number of hydrogen-bond acceptors (Lipinski definition) is 3. The van der Waals surface area contributed by atoms with Crippen molar-refractivity contribution in [3.05, 3.63) is 11.6 Å². The van der Waals surface area contributed by atoms with Crippen LogP contribution in [0.1, 0.15) is 51.9 Å². The van der Waals surface area contributed by atoms with Crippen LogP contribution in [0.25, 0.3) is 0 Å². The van der Waals surface area contributed by atoms with Crippen LogP contribution in [0.2, 0.25) is 0 Å². The maximum atomic E-state index is 9.41. The summed E-state index contributed by atoms with van der Waals surface area (Å²) in [5, 5.41) is 9.41. The molecule has 3 heteroatoms. The van der Waals surface area contributed by atoms with Gasteiger partial charge in [-0.15, -0.1) is 0 Å². The van der Waals surface area contributed by atoms with E-state index < -0.39 is 5.79 Å². The number of rotatable bonds is 6. The van der Waals surface area contributed by atoms with Crippen molar-refractivity contribution in [3.63, 3.8) is 0 Å². The maximum absolute atomic E-state index is 9.41. The first kappa shape index (κ1) is 15.0. The predicted octanol–water partition coefficient (Wildman–Crippen LogP) is 3.27. The number of allylic oxidation sites excluding steroid dienone is 1. The molecule has 1 N–H and O–H groups in total. The van der Waals surface area contributed by atoms with Crippen molar-refractivity contribution in [2.45, 2.75) is 57.7 Å². The first-order valence-electron chi connectivity index (χ1n) is 7.73. The van der Waals surface area contributed by atoms with Crippen LogP contribution in [-0.4, -0.2) is 31.2 Å². The number of ether oxygens (including phenoxy) is 2. The lowest BCUT2D eigenvalue weighted by Crippen LogP contribution is -2.38. The van der Waals surface area contributed by atoms with Gasteiger partial charge in [-0.3, -0.25) is 0 Å². The molecule has 1 saturated carbocycles.